The van der Waals surface area contributed by atoms with Gasteiger partial charge in [0.15, 0.2) is 4.73 Å². The van der Waals surface area contributed by atoms with E-state index in [1.54, 1.807) is 6.20 Å². The van der Waals surface area contributed by atoms with Crippen LogP contribution >= 0.6 is 27.5 Å². The van der Waals surface area contributed by atoms with Crippen LogP contribution in [-0.2, 0) is 6.54 Å². The number of aromatic nitrogens is 2. The van der Waals surface area contributed by atoms with Crippen molar-refractivity contribution >= 4 is 27.5 Å². The van der Waals surface area contributed by atoms with Gasteiger partial charge in [-0.25, -0.2) is 4.98 Å². The molecule has 1 aromatic heterocycles. The van der Waals surface area contributed by atoms with Crippen LogP contribution in [0.3, 0.4) is 0 Å². The molecule has 0 aliphatic rings. The molecule has 0 bridgehead atoms. The molecule has 0 saturated carbocycles. The van der Waals surface area contributed by atoms with Gasteiger partial charge in [-0.05, 0) is 33.6 Å². The van der Waals surface area contributed by atoms with Gasteiger partial charge >= 0.3 is 0 Å². The molecule has 0 radical (unpaired) electrons. The Labute approximate surface area is 95.7 Å². The number of hydrogen-bond donors (Lipinski definition) is 0. The van der Waals surface area contributed by atoms with Gasteiger partial charge in [0, 0.05) is 24.0 Å². The van der Waals surface area contributed by atoms with Crippen LogP contribution in [0.2, 0.25) is 5.02 Å². The number of imidazole rings is 1. The predicted molar refractivity (Wildman–Crippen MR) is 60.5 cm³/mol. The lowest BCUT2D eigenvalue weighted by atomic mass is 10.2. The summed E-state index contributed by atoms with van der Waals surface area (Å²) in [6.07, 6.45) is 3.69. The maximum atomic E-state index is 5.80. The van der Waals surface area contributed by atoms with Gasteiger partial charge in [-0.1, -0.05) is 23.7 Å². The third-order valence-electron chi connectivity index (χ3n) is 1.93. The Morgan fingerprint density at radius 3 is 2.57 bits per heavy atom. The van der Waals surface area contributed by atoms with Crippen LogP contribution in [-0.4, -0.2) is 9.55 Å². The molecular weight excluding hydrogens is 263 g/mol. The highest BCUT2D eigenvalue weighted by molar-refractivity contribution is 9.10. The molecule has 72 valence electrons. The van der Waals surface area contributed by atoms with E-state index in [-0.39, 0.29) is 0 Å². The quantitative estimate of drug-likeness (QED) is 0.819. The molecule has 0 aliphatic heterocycles. The van der Waals surface area contributed by atoms with Gasteiger partial charge in [0.1, 0.15) is 0 Å². The molecule has 0 aliphatic carbocycles. The molecule has 14 heavy (non-hydrogen) atoms. The van der Waals surface area contributed by atoms with Gasteiger partial charge < -0.3 is 4.57 Å². The van der Waals surface area contributed by atoms with Crippen molar-refractivity contribution in [3.05, 3.63) is 52.0 Å². The minimum atomic E-state index is 0.762. The van der Waals surface area contributed by atoms with Crippen LogP contribution in [0.1, 0.15) is 5.56 Å². The zero-order chi connectivity index (χ0) is 9.97. The van der Waals surface area contributed by atoms with Gasteiger partial charge in [0.05, 0.1) is 0 Å². The van der Waals surface area contributed by atoms with E-state index in [0.717, 1.165) is 16.3 Å². The van der Waals surface area contributed by atoms with Crippen LogP contribution in [0.25, 0.3) is 0 Å². The zero-order valence-corrected chi connectivity index (χ0v) is 9.66. The van der Waals surface area contributed by atoms with Crippen molar-refractivity contribution in [2.24, 2.45) is 0 Å². The first kappa shape index (κ1) is 9.74. The Hall–Kier alpha value is -0.800. The van der Waals surface area contributed by atoms with E-state index in [4.69, 9.17) is 11.6 Å². The van der Waals surface area contributed by atoms with Crippen molar-refractivity contribution < 1.29 is 0 Å². The second-order valence-corrected chi connectivity index (χ2v) is 4.10. The lowest BCUT2D eigenvalue weighted by molar-refractivity contribution is 0.775. The van der Waals surface area contributed by atoms with Crippen molar-refractivity contribution in [2.75, 3.05) is 0 Å². The highest BCUT2D eigenvalue weighted by Crippen LogP contribution is 2.13. The molecule has 0 saturated heterocycles. The molecule has 0 unspecified atom stereocenters. The minimum Gasteiger partial charge on any atom is -0.321 e. The summed E-state index contributed by atoms with van der Waals surface area (Å²) in [4.78, 5) is 4.08. The highest BCUT2D eigenvalue weighted by atomic mass is 79.9. The first-order valence-corrected chi connectivity index (χ1v) is 5.34. The van der Waals surface area contributed by atoms with Crippen molar-refractivity contribution in [2.45, 2.75) is 6.54 Å². The molecular formula is C10H8BrClN2. The number of halogens is 2. The maximum Gasteiger partial charge on any atom is 0.177 e. The van der Waals surface area contributed by atoms with Gasteiger partial charge in [0.25, 0.3) is 0 Å². The molecule has 1 aromatic carbocycles. The topological polar surface area (TPSA) is 17.8 Å². The van der Waals surface area contributed by atoms with Gasteiger partial charge in [-0.3, -0.25) is 0 Å². The highest BCUT2D eigenvalue weighted by Gasteiger charge is 1.99. The molecule has 4 heteroatoms. The second-order valence-electron chi connectivity index (χ2n) is 2.95. The molecule has 0 fully saturated rings. The molecule has 2 nitrogen and oxygen atoms in total. The number of rotatable bonds is 2. The molecule has 0 spiro atoms. The van der Waals surface area contributed by atoms with Crippen LogP contribution in [0.5, 0.6) is 0 Å². The van der Waals surface area contributed by atoms with Crippen molar-refractivity contribution in [1.82, 2.24) is 9.55 Å². The summed E-state index contributed by atoms with van der Waals surface area (Å²) < 4.78 is 2.86. The Bertz CT molecular complexity index is 422. The lowest BCUT2D eigenvalue weighted by Crippen LogP contribution is -1.97. The average Bonchev–Trinajstić information content (AvgIpc) is 2.56. The summed E-state index contributed by atoms with van der Waals surface area (Å²) in [5, 5.41) is 0.762. The largest absolute Gasteiger partial charge is 0.321 e. The lowest BCUT2D eigenvalue weighted by Gasteiger charge is -2.03. The predicted octanol–water partition coefficient (Wildman–Crippen LogP) is 3.35. The van der Waals surface area contributed by atoms with Crippen molar-refractivity contribution in [1.29, 1.82) is 0 Å². The maximum absolute atomic E-state index is 5.80. The van der Waals surface area contributed by atoms with Crippen LogP contribution < -0.4 is 0 Å². The van der Waals surface area contributed by atoms with Crippen LogP contribution in [0.15, 0.2) is 41.4 Å². The molecule has 0 atom stereocenters. The van der Waals surface area contributed by atoms with E-state index < -0.39 is 0 Å². The molecule has 2 rings (SSSR count). The Balaban J connectivity index is 2.19. The van der Waals surface area contributed by atoms with Crippen molar-refractivity contribution in [3.63, 3.8) is 0 Å². The smallest absolute Gasteiger partial charge is 0.177 e. The molecule has 1 heterocycles. The molecule has 2 aromatic rings. The van der Waals surface area contributed by atoms with Crippen molar-refractivity contribution in [3.8, 4) is 0 Å². The molecule has 0 amide bonds. The second kappa shape index (κ2) is 4.15. The third kappa shape index (κ3) is 2.16. The van der Waals surface area contributed by atoms with E-state index in [1.165, 1.54) is 5.56 Å². The monoisotopic (exact) mass is 270 g/mol. The summed E-state index contributed by atoms with van der Waals surface area (Å²) in [5.74, 6) is 0. The number of benzene rings is 1. The fourth-order valence-electron chi connectivity index (χ4n) is 1.22. The number of hydrogen-bond acceptors (Lipinski definition) is 1. The zero-order valence-electron chi connectivity index (χ0n) is 7.32. The van der Waals surface area contributed by atoms with Crippen LogP contribution in [0.4, 0.5) is 0 Å². The van der Waals surface area contributed by atoms with E-state index in [9.17, 15) is 0 Å². The normalized spacial score (nSPS) is 10.4. The average molecular weight is 272 g/mol. The van der Waals surface area contributed by atoms with E-state index >= 15 is 0 Å². The van der Waals surface area contributed by atoms with Crippen LogP contribution in [0, 0.1) is 0 Å². The Morgan fingerprint density at radius 1 is 1.29 bits per heavy atom. The Kier molecular flexibility index (Phi) is 2.89. The molecule has 0 N–H and O–H groups in total. The van der Waals surface area contributed by atoms with Gasteiger partial charge in [-0.15, -0.1) is 0 Å². The van der Waals surface area contributed by atoms with Gasteiger partial charge in [0.2, 0.25) is 0 Å². The first-order chi connectivity index (χ1) is 6.75. The summed E-state index contributed by atoms with van der Waals surface area (Å²) in [6, 6.07) is 7.80. The fourth-order valence-corrected chi connectivity index (χ4v) is 1.70. The number of nitrogens with zero attached hydrogens (tertiary/aromatic N) is 2. The summed E-state index contributed by atoms with van der Waals surface area (Å²) in [6.45, 7) is 0.803. The Morgan fingerprint density at radius 2 is 2.00 bits per heavy atom. The standard InChI is InChI=1S/C10H8BrClN2/c11-10-13-5-6-14(10)7-8-1-3-9(12)4-2-8/h1-6H,7H2. The first-order valence-electron chi connectivity index (χ1n) is 4.17. The fraction of sp³-hybridized carbons (Fsp3) is 0.100. The van der Waals surface area contributed by atoms with E-state index in [1.807, 2.05) is 35.0 Å². The van der Waals surface area contributed by atoms with Gasteiger partial charge in [-0.2, -0.15) is 0 Å². The third-order valence-corrected chi connectivity index (χ3v) is 2.84. The van der Waals surface area contributed by atoms with E-state index in [0.29, 0.717) is 0 Å². The SMILES string of the molecule is Clc1ccc(Cn2ccnc2Br)cc1. The summed E-state index contributed by atoms with van der Waals surface area (Å²) in [7, 11) is 0. The summed E-state index contributed by atoms with van der Waals surface area (Å²) in [5.41, 5.74) is 1.20. The van der Waals surface area contributed by atoms with E-state index in [2.05, 4.69) is 20.9 Å². The summed E-state index contributed by atoms with van der Waals surface area (Å²) >= 11 is 9.16. The minimum absolute atomic E-state index is 0.762.